The van der Waals surface area contributed by atoms with Crippen LogP contribution in [-0.2, 0) is 17.7 Å². The molecule has 0 aliphatic carbocycles. The van der Waals surface area contributed by atoms with Gasteiger partial charge in [-0.3, -0.25) is 9.59 Å². The number of methoxy groups -OCH3 is 1. The molecule has 0 spiro atoms. The van der Waals surface area contributed by atoms with Crippen LogP contribution in [0.15, 0.2) is 66.7 Å². The van der Waals surface area contributed by atoms with E-state index in [9.17, 15) is 9.59 Å². The summed E-state index contributed by atoms with van der Waals surface area (Å²) < 4.78 is 10.5. The Bertz CT molecular complexity index is 1190. The van der Waals surface area contributed by atoms with Gasteiger partial charge in [-0.1, -0.05) is 24.3 Å². The molecule has 0 fully saturated rings. The number of ether oxygens (including phenoxy) is 2. The van der Waals surface area contributed by atoms with Gasteiger partial charge in [0, 0.05) is 49.8 Å². The van der Waals surface area contributed by atoms with E-state index in [1.165, 1.54) is 11.1 Å². The Morgan fingerprint density at radius 1 is 0.972 bits per heavy atom. The van der Waals surface area contributed by atoms with Crippen molar-refractivity contribution in [2.24, 2.45) is 0 Å². The number of rotatable bonds is 10. The highest BCUT2D eigenvalue weighted by Crippen LogP contribution is 2.30. The average molecular weight is 488 g/mol. The molecule has 1 heterocycles. The molecule has 0 saturated carbocycles. The largest absolute Gasteiger partial charge is 0.497 e. The van der Waals surface area contributed by atoms with E-state index in [0.717, 1.165) is 31.6 Å². The van der Waals surface area contributed by atoms with Crippen molar-refractivity contribution in [3.63, 3.8) is 0 Å². The fraction of sp³-hybridized carbons (Fsp3) is 0.310. The third kappa shape index (κ3) is 6.23. The summed E-state index contributed by atoms with van der Waals surface area (Å²) in [5.41, 5.74) is 5.08. The molecule has 0 atom stereocenters. The molecule has 0 unspecified atom stereocenters. The molecule has 1 aliphatic heterocycles. The SMILES string of the molecule is CCOCCCNC(=O)c1cc(NC(=O)c2ccc(OC)cc2)ccc1N1CCc2ccccc2C1. The molecule has 7 heteroatoms. The van der Waals surface area contributed by atoms with E-state index in [-0.39, 0.29) is 11.8 Å². The van der Waals surface area contributed by atoms with Crippen molar-refractivity contribution in [1.82, 2.24) is 5.32 Å². The lowest BCUT2D eigenvalue weighted by molar-refractivity contribution is 0.0943. The number of hydrogen-bond acceptors (Lipinski definition) is 5. The summed E-state index contributed by atoms with van der Waals surface area (Å²) in [6.07, 6.45) is 1.65. The predicted molar refractivity (Wildman–Crippen MR) is 142 cm³/mol. The molecular weight excluding hydrogens is 454 g/mol. The van der Waals surface area contributed by atoms with Crippen molar-refractivity contribution >= 4 is 23.2 Å². The van der Waals surface area contributed by atoms with Crippen LogP contribution in [0, 0.1) is 0 Å². The van der Waals surface area contributed by atoms with Crippen LogP contribution in [0.2, 0.25) is 0 Å². The number of hydrogen-bond donors (Lipinski definition) is 2. The van der Waals surface area contributed by atoms with Crippen LogP contribution in [0.5, 0.6) is 5.75 Å². The third-order valence-corrected chi connectivity index (χ3v) is 6.28. The van der Waals surface area contributed by atoms with Crippen LogP contribution in [0.4, 0.5) is 11.4 Å². The molecule has 4 rings (SSSR count). The average Bonchev–Trinajstić information content (AvgIpc) is 2.92. The zero-order chi connectivity index (χ0) is 25.3. The molecular formula is C29H33N3O4. The summed E-state index contributed by atoms with van der Waals surface area (Å²) >= 11 is 0. The van der Waals surface area contributed by atoms with Gasteiger partial charge in [0.15, 0.2) is 0 Å². The van der Waals surface area contributed by atoms with Crippen LogP contribution in [-0.4, -0.2) is 45.2 Å². The van der Waals surface area contributed by atoms with Gasteiger partial charge in [-0.25, -0.2) is 0 Å². The predicted octanol–water partition coefficient (Wildman–Crippen LogP) is 4.67. The van der Waals surface area contributed by atoms with Crippen molar-refractivity contribution in [2.75, 3.05) is 43.6 Å². The zero-order valence-electron chi connectivity index (χ0n) is 20.9. The third-order valence-electron chi connectivity index (χ3n) is 6.28. The quantitative estimate of drug-likeness (QED) is 0.407. The molecule has 2 N–H and O–H groups in total. The summed E-state index contributed by atoms with van der Waals surface area (Å²) in [6.45, 7) is 5.28. The van der Waals surface area contributed by atoms with Crippen LogP contribution in [0.1, 0.15) is 45.2 Å². The summed E-state index contributed by atoms with van der Waals surface area (Å²) in [4.78, 5) is 28.3. The Balaban J connectivity index is 1.55. The fourth-order valence-electron chi connectivity index (χ4n) is 4.33. The molecule has 0 bridgehead atoms. The van der Waals surface area contributed by atoms with Gasteiger partial charge >= 0.3 is 0 Å². The van der Waals surface area contributed by atoms with Gasteiger partial charge in [-0.05, 0) is 73.4 Å². The van der Waals surface area contributed by atoms with Crippen LogP contribution in [0.3, 0.4) is 0 Å². The zero-order valence-corrected chi connectivity index (χ0v) is 20.9. The topological polar surface area (TPSA) is 79.9 Å². The van der Waals surface area contributed by atoms with E-state index in [4.69, 9.17) is 9.47 Å². The Kier molecular flexibility index (Phi) is 8.57. The number of nitrogens with one attached hydrogen (secondary N) is 2. The van der Waals surface area contributed by atoms with Gasteiger partial charge in [-0.15, -0.1) is 0 Å². The van der Waals surface area contributed by atoms with Gasteiger partial charge in [0.1, 0.15) is 5.75 Å². The summed E-state index contributed by atoms with van der Waals surface area (Å²) in [7, 11) is 1.58. The number of amides is 2. The minimum atomic E-state index is -0.250. The molecule has 0 radical (unpaired) electrons. The maximum absolute atomic E-state index is 13.3. The first kappa shape index (κ1) is 25.3. The molecule has 3 aromatic rings. The van der Waals surface area contributed by atoms with Gasteiger partial charge in [0.25, 0.3) is 11.8 Å². The Morgan fingerprint density at radius 2 is 1.75 bits per heavy atom. The number of nitrogens with zero attached hydrogens (tertiary/aromatic N) is 1. The molecule has 36 heavy (non-hydrogen) atoms. The Morgan fingerprint density at radius 3 is 2.50 bits per heavy atom. The number of carbonyl (C=O) groups is 2. The monoisotopic (exact) mass is 487 g/mol. The van der Waals surface area contributed by atoms with Crippen LogP contribution in [0.25, 0.3) is 0 Å². The lowest BCUT2D eigenvalue weighted by atomic mass is 9.98. The normalized spacial score (nSPS) is 12.6. The van der Waals surface area contributed by atoms with Gasteiger partial charge in [0.2, 0.25) is 0 Å². The second kappa shape index (κ2) is 12.2. The van der Waals surface area contributed by atoms with Gasteiger partial charge in [-0.2, -0.15) is 0 Å². The molecule has 188 valence electrons. The number of carbonyl (C=O) groups excluding carboxylic acids is 2. The minimum Gasteiger partial charge on any atom is -0.497 e. The summed E-state index contributed by atoms with van der Waals surface area (Å²) in [5.74, 6) is 0.267. The maximum Gasteiger partial charge on any atom is 0.255 e. The van der Waals surface area contributed by atoms with Crippen molar-refractivity contribution in [1.29, 1.82) is 0 Å². The highest BCUT2D eigenvalue weighted by Gasteiger charge is 2.22. The van der Waals surface area contributed by atoms with Crippen molar-refractivity contribution < 1.29 is 19.1 Å². The number of fused-ring (bicyclic) bond motifs is 1. The van der Waals surface area contributed by atoms with Crippen molar-refractivity contribution in [2.45, 2.75) is 26.3 Å². The van der Waals surface area contributed by atoms with Crippen molar-refractivity contribution in [3.8, 4) is 5.75 Å². The van der Waals surface area contributed by atoms with E-state index in [2.05, 4.69) is 33.7 Å². The second-order valence-electron chi connectivity index (χ2n) is 8.66. The maximum atomic E-state index is 13.3. The van der Waals surface area contributed by atoms with E-state index >= 15 is 0 Å². The first-order valence-corrected chi connectivity index (χ1v) is 12.4. The molecule has 2 amide bonds. The molecule has 0 aromatic heterocycles. The van der Waals surface area contributed by atoms with E-state index < -0.39 is 0 Å². The highest BCUT2D eigenvalue weighted by atomic mass is 16.5. The molecule has 0 saturated heterocycles. The lowest BCUT2D eigenvalue weighted by Gasteiger charge is -2.32. The van der Waals surface area contributed by atoms with E-state index in [0.29, 0.717) is 42.3 Å². The Hall–Kier alpha value is -3.84. The first-order chi connectivity index (χ1) is 17.6. The van der Waals surface area contributed by atoms with E-state index in [1.807, 2.05) is 25.1 Å². The van der Waals surface area contributed by atoms with E-state index in [1.54, 1.807) is 37.4 Å². The highest BCUT2D eigenvalue weighted by molar-refractivity contribution is 6.06. The summed E-state index contributed by atoms with van der Waals surface area (Å²) in [6, 6.07) is 20.8. The van der Waals surface area contributed by atoms with Gasteiger partial charge < -0.3 is 25.0 Å². The Labute approximate surface area is 212 Å². The van der Waals surface area contributed by atoms with Crippen molar-refractivity contribution in [3.05, 3.63) is 89.0 Å². The standard InChI is InChI=1S/C29H33N3O4/c1-3-36-18-6-16-30-29(34)26-19-24(31-28(33)22-9-12-25(35-2)13-10-22)11-14-27(26)32-17-15-21-7-4-5-8-23(21)20-32/h4-5,7-14,19H,3,6,15-18,20H2,1-2H3,(H,30,34)(H,31,33). The molecule has 1 aliphatic rings. The number of benzene rings is 3. The first-order valence-electron chi connectivity index (χ1n) is 12.4. The molecule has 7 nitrogen and oxygen atoms in total. The lowest BCUT2D eigenvalue weighted by Crippen LogP contribution is -2.33. The van der Waals surface area contributed by atoms with Crippen LogP contribution < -0.4 is 20.3 Å². The smallest absolute Gasteiger partial charge is 0.255 e. The number of anilines is 2. The van der Waals surface area contributed by atoms with Crippen LogP contribution >= 0.6 is 0 Å². The molecule has 3 aromatic carbocycles. The second-order valence-corrected chi connectivity index (χ2v) is 8.66. The summed E-state index contributed by atoms with van der Waals surface area (Å²) in [5, 5.41) is 5.93. The fourth-order valence-corrected chi connectivity index (χ4v) is 4.33. The van der Waals surface area contributed by atoms with Gasteiger partial charge in [0.05, 0.1) is 12.7 Å². The minimum absolute atomic E-state index is 0.166.